The molecule has 1 amide bonds. The number of furan rings is 1. The van der Waals surface area contributed by atoms with Crippen molar-refractivity contribution < 1.29 is 13.9 Å². The van der Waals surface area contributed by atoms with Crippen LogP contribution in [0.5, 0.6) is 5.88 Å². The number of aromatic nitrogens is 2. The quantitative estimate of drug-likeness (QED) is 0.827. The van der Waals surface area contributed by atoms with Crippen LogP contribution >= 0.6 is 0 Å². The fourth-order valence-electron chi connectivity index (χ4n) is 3.36. The van der Waals surface area contributed by atoms with E-state index in [9.17, 15) is 4.79 Å². The molecule has 0 N–H and O–H groups in total. The van der Waals surface area contributed by atoms with E-state index in [0.29, 0.717) is 31.5 Å². The molecule has 0 unspecified atom stereocenters. The summed E-state index contributed by atoms with van der Waals surface area (Å²) in [6, 6.07) is 5.59. The molecule has 2 atom stereocenters. The fraction of sp³-hybridized carbons (Fsp3) is 0.500. The lowest BCUT2D eigenvalue weighted by Gasteiger charge is -2.35. The second-order valence-electron chi connectivity index (χ2n) is 6.40. The van der Waals surface area contributed by atoms with Crippen LogP contribution in [-0.4, -0.2) is 53.6 Å². The summed E-state index contributed by atoms with van der Waals surface area (Å²) in [5.41, 5.74) is 0. The molecule has 1 saturated carbocycles. The fourth-order valence-corrected chi connectivity index (χ4v) is 3.36. The number of hydrogen-bond acceptors (Lipinski definition) is 6. The van der Waals surface area contributed by atoms with E-state index < -0.39 is 0 Å². The molecule has 7 nitrogen and oxygen atoms in total. The Morgan fingerprint density at radius 3 is 2.88 bits per heavy atom. The number of piperazine rings is 1. The van der Waals surface area contributed by atoms with Crippen molar-refractivity contribution in [1.29, 1.82) is 0 Å². The van der Waals surface area contributed by atoms with E-state index in [0.717, 1.165) is 25.3 Å². The van der Waals surface area contributed by atoms with Crippen LogP contribution in [0.1, 0.15) is 25.0 Å². The molecule has 2 aromatic rings. The van der Waals surface area contributed by atoms with Crippen molar-refractivity contribution in [3.63, 3.8) is 0 Å². The standard InChI is InChI=1S/C18H22N4O3/c1-2-24-16-5-6-19-18(20-16)22-9-7-21(8-10-22)17(23)14-12-13(14)15-4-3-11-25-15/h3-6,11,13-14H,2,7-10,12H2,1H3/t13-,14-/m0/s1. The molecular formula is C18H22N4O3. The largest absolute Gasteiger partial charge is 0.478 e. The lowest BCUT2D eigenvalue weighted by atomic mass is 10.2. The predicted octanol–water partition coefficient (Wildman–Crippen LogP) is 1.92. The van der Waals surface area contributed by atoms with Gasteiger partial charge in [0, 0.05) is 50.3 Å². The first kappa shape index (κ1) is 15.9. The Kier molecular flexibility index (Phi) is 4.29. The number of ether oxygens (including phenoxy) is 1. The van der Waals surface area contributed by atoms with Crippen LogP contribution in [0.25, 0.3) is 0 Å². The Bertz CT molecular complexity index is 726. The second kappa shape index (κ2) is 6.74. The van der Waals surface area contributed by atoms with Crippen molar-refractivity contribution in [3.8, 4) is 5.88 Å². The van der Waals surface area contributed by atoms with Gasteiger partial charge < -0.3 is 19.0 Å². The Labute approximate surface area is 146 Å². The van der Waals surface area contributed by atoms with Crippen LogP contribution in [0.3, 0.4) is 0 Å². The summed E-state index contributed by atoms with van der Waals surface area (Å²) >= 11 is 0. The van der Waals surface area contributed by atoms with Gasteiger partial charge in [-0.05, 0) is 25.5 Å². The van der Waals surface area contributed by atoms with Crippen molar-refractivity contribution in [2.24, 2.45) is 5.92 Å². The first-order valence-electron chi connectivity index (χ1n) is 8.79. The van der Waals surface area contributed by atoms with Gasteiger partial charge in [0.25, 0.3) is 0 Å². The smallest absolute Gasteiger partial charge is 0.228 e. The number of amides is 1. The lowest BCUT2D eigenvalue weighted by molar-refractivity contribution is -0.133. The van der Waals surface area contributed by atoms with Gasteiger partial charge in [0.2, 0.25) is 17.7 Å². The number of anilines is 1. The highest BCUT2D eigenvalue weighted by molar-refractivity contribution is 5.83. The van der Waals surface area contributed by atoms with E-state index in [1.165, 1.54) is 0 Å². The Hall–Kier alpha value is -2.57. The van der Waals surface area contributed by atoms with Crippen LogP contribution in [0, 0.1) is 5.92 Å². The first-order chi connectivity index (χ1) is 12.3. The molecule has 132 valence electrons. The van der Waals surface area contributed by atoms with Gasteiger partial charge in [0.1, 0.15) is 5.76 Å². The summed E-state index contributed by atoms with van der Waals surface area (Å²) in [7, 11) is 0. The van der Waals surface area contributed by atoms with Crippen molar-refractivity contribution in [2.45, 2.75) is 19.3 Å². The summed E-state index contributed by atoms with van der Waals surface area (Å²) < 4.78 is 10.9. The molecule has 0 radical (unpaired) electrons. The molecule has 1 aliphatic heterocycles. The van der Waals surface area contributed by atoms with Crippen molar-refractivity contribution >= 4 is 11.9 Å². The zero-order chi connectivity index (χ0) is 17.2. The molecule has 3 heterocycles. The molecule has 25 heavy (non-hydrogen) atoms. The summed E-state index contributed by atoms with van der Waals surface area (Å²) in [5.74, 6) is 2.76. The van der Waals surface area contributed by atoms with Crippen molar-refractivity contribution in [2.75, 3.05) is 37.7 Å². The minimum atomic E-state index is 0.0789. The molecular weight excluding hydrogens is 320 g/mol. The monoisotopic (exact) mass is 342 g/mol. The van der Waals surface area contributed by atoms with Crippen LogP contribution in [0.2, 0.25) is 0 Å². The SMILES string of the molecule is CCOc1ccnc(N2CCN(C(=O)[C@H]3C[C@@H]3c3ccco3)CC2)n1. The Balaban J connectivity index is 1.33. The average Bonchev–Trinajstić information content (AvgIpc) is 3.26. The highest BCUT2D eigenvalue weighted by atomic mass is 16.5. The summed E-state index contributed by atoms with van der Waals surface area (Å²) in [6.07, 6.45) is 4.28. The lowest BCUT2D eigenvalue weighted by Crippen LogP contribution is -2.49. The van der Waals surface area contributed by atoms with Gasteiger partial charge in [0.15, 0.2) is 0 Å². The zero-order valence-corrected chi connectivity index (χ0v) is 14.3. The van der Waals surface area contributed by atoms with E-state index in [2.05, 4.69) is 14.9 Å². The maximum absolute atomic E-state index is 12.7. The maximum Gasteiger partial charge on any atom is 0.228 e. The average molecular weight is 342 g/mol. The van der Waals surface area contributed by atoms with Gasteiger partial charge in [0.05, 0.1) is 12.9 Å². The molecule has 0 spiro atoms. The number of nitrogens with zero attached hydrogens (tertiary/aromatic N) is 4. The maximum atomic E-state index is 12.7. The summed E-state index contributed by atoms with van der Waals surface area (Å²) in [6.45, 7) is 5.38. The van der Waals surface area contributed by atoms with E-state index in [4.69, 9.17) is 9.15 Å². The normalized spacial score (nSPS) is 22.8. The Morgan fingerprint density at radius 1 is 1.32 bits per heavy atom. The number of carbonyl (C=O) groups excluding carboxylic acids is 1. The number of hydrogen-bond donors (Lipinski definition) is 0. The van der Waals surface area contributed by atoms with Gasteiger partial charge in [-0.1, -0.05) is 0 Å². The summed E-state index contributed by atoms with van der Waals surface area (Å²) in [5, 5.41) is 0. The summed E-state index contributed by atoms with van der Waals surface area (Å²) in [4.78, 5) is 25.5. The third kappa shape index (κ3) is 3.31. The Morgan fingerprint density at radius 2 is 2.16 bits per heavy atom. The molecule has 2 aliphatic rings. The molecule has 0 bridgehead atoms. The van der Waals surface area contributed by atoms with Crippen LogP contribution in [-0.2, 0) is 4.79 Å². The molecule has 0 aromatic carbocycles. The van der Waals surface area contributed by atoms with E-state index in [1.807, 2.05) is 24.0 Å². The van der Waals surface area contributed by atoms with Crippen LogP contribution in [0.4, 0.5) is 5.95 Å². The molecule has 7 heteroatoms. The van der Waals surface area contributed by atoms with Crippen molar-refractivity contribution in [3.05, 3.63) is 36.4 Å². The predicted molar refractivity (Wildman–Crippen MR) is 91.6 cm³/mol. The number of rotatable bonds is 5. The second-order valence-corrected chi connectivity index (χ2v) is 6.40. The van der Waals surface area contributed by atoms with Gasteiger partial charge in [-0.25, -0.2) is 4.98 Å². The topological polar surface area (TPSA) is 71.7 Å². The number of carbonyl (C=O) groups is 1. The molecule has 2 fully saturated rings. The first-order valence-corrected chi connectivity index (χ1v) is 8.79. The molecule has 1 aliphatic carbocycles. The minimum absolute atomic E-state index is 0.0789. The van der Waals surface area contributed by atoms with E-state index in [-0.39, 0.29) is 17.7 Å². The highest BCUT2D eigenvalue weighted by Crippen LogP contribution is 2.48. The minimum Gasteiger partial charge on any atom is -0.478 e. The van der Waals surface area contributed by atoms with Gasteiger partial charge in [-0.15, -0.1) is 0 Å². The van der Waals surface area contributed by atoms with Crippen LogP contribution < -0.4 is 9.64 Å². The van der Waals surface area contributed by atoms with E-state index in [1.54, 1.807) is 18.5 Å². The van der Waals surface area contributed by atoms with E-state index >= 15 is 0 Å². The van der Waals surface area contributed by atoms with Gasteiger partial charge >= 0.3 is 0 Å². The molecule has 2 aromatic heterocycles. The molecule has 1 saturated heterocycles. The van der Waals surface area contributed by atoms with Gasteiger partial charge in [-0.2, -0.15) is 4.98 Å². The highest BCUT2D eigenvalue weighted by Gasteiger charge is 2.47. The third-order valence-electron chi connectivity index (χ3n) is 4.80. The third-order valence-corrected chi connectivity index (χ3v) is 4.80. The molecule has 4 rings (SSSR count). The zero-order valence-electron chi connectivity index (χ0n) is 14.3. The van der Waals surface area contributed by atoms with Crippen LogP contribution in [0.15, 0.2) is 35.1 Å². The van der Waals surface area contributed by atoms with Gasteiger partial charge in [-0.3, -0.25) is 4.79 Å². The van der Waals surface area contributed by atoms with Crippen molar-refractivity contribution in [1.82, 2.24) is 14.9 Å².